The maximum atomic E-state index is 12.8. The lowest BCUT2D eigenvalue weighted by Gasteiger charge is -2.34. The Bertz CT molecular complexity index is 1040. The predicted molar refractivity (Wildman–Crippen MR) is 108 cm³/mol. The first-order valence-electron chi connectivity index (χ1n) is 9.25. The van der Waals surface area contributed by atoms with Crippen LogP contribution < -0.4 is 5.43 Å². The number of piperazine rings is 1. The van der Waals surface area contributed by atoms with Crippen molar-refractivity contribution < 1.29 is 9.21 Å². The molecule has 1 aliphatic heterocycles. The lowest BCUT2D eigenvalue weighted by atomic mass is 10.2. The summed E-state index contributed by atoms with van der Waals surface area (Å²) in [4.78, 5) is 33.5. The van der Waals surface area contributed by atoms with Crippen LogP contribution in [0.5, 0.6) is 0 Å². The van der Waals surface area contributed by atoms with E-state index in [1.54, 1.807) is 29.3 Å². The van der Waals surface area contributed by atoms with Crippen LogP contribution in [0.25, 0.3) is 11.0 Å². The van der Waals surface area contributed by atoms with E-state index < -0.39 is 0 Å². The van der Waals surface area contributed by atoms with Crippen molar-refractivity contribution in [2.75, 3.05) is 32.7 Å². The fraction of sp³-hybridized carbons (Fsp3) is 0.286. The molecule has 3 heterocycles. The normalized spacial score (nSPS) is 15.1. The van der Waals surface area contributed by atoms with Crippen molar-refractivity contribution in [3.63, 3.8) is 0 Å². The van der Waals surface area contributed by atoms with Gasteiger partial charge in [0, 0.05) is 62.1 Å². The Morgan fingerprint density at radius 1 is 1.11 bits per heavy atom. The maximum absolute atomic E-state index is 12.8. The van der Waals surface area contributed by atoms with E-state index in [2.05, 4.69) is 9.88 Å². The van der Waals surface area contributed by atoms with Gasteiger partial charge in [-0.25, -0.2) is 0 Å². The van der Waals surface area contributed by atoms with Gasteiger partial charge in [-0.1, -0.05) is 17.7 Å². The number of halogens is 1. The minimum absolute atomic E-state index is 0.0711. The standard InChI is InChI=1S/C21H20ClN3O3/c22-15-4-5-19-17(13-15)18(26)14-20(28-19)21(27)25-11-9-24(10-12-25)8-6-16-3-1-2-7-23-16/h1-5,7,13-14H,6,8-12H2. The van der Waals surface area contributed by atoms with Crippen molar-refractivity contribution in [2.24, 2.45) is 0 Å². The van der Waals surface area contributed by atoms with Gasteiger partial charge in [0.05, 0.1) is 5.39 Å². The molecule has 0 radical (unpaired) electrons. The molecule has 0 aliphatic carbocycles. The van der Waals surface area contributed by atoms with Gasteiger partial charge in [0.25, 0.3) is 5.91 Å². The molecule has 28 heavy (non-hydrogen) atoms. The summed E-state index contributed by atoms with van der Waals surface area (Å²) in [5, 5.41) is 0.837. The Kier molecular flexibility index (Phi) is 5.41. The topological polar surface area (TPSA) is 66.7 Å². The van der Waals surface area contributed by atoms with Crippen molar-refractivity contribution in [3.05, 3.63) is 75.4 Å². The SMILES string of the molecule is O=C(c1cc(=O)c2cc(Cl)ccc2o1)N1CCN(CCc2ccccn2)CC1. The average Bonchev–Trinajstić information content (AvgIpc) is 2.73. The fourth-order valence-electron chi connectivity index (χ4n) is 3.38. The van der Waals surface area contributed by atoms with E-state index in [0.717, 1.165) is 31.7 Å². The predicted octanol–water partition coefficient (Wildman–Crippen LogP) is 2.84. The summed E-state index contributed by atoms with van der Waals surface area (Å²) < 4.78 is 5.67. The van der Waals surface area contributed by atoms with Crippen LogP contribution in [0.4, 0.5) is 0 Å². The summed E-state index contributed by atoms with van der Waals surface area (Å²) in [6.45, 7) is 3.68. The van der Waals surface area contributed by atoms with Gasteiger partial charge in [0.1, 0.15) is 5.58 Å². The van der Waals surface area contributed by atoms with E-state index in [0.29, 0.717) is 29.1 Å². The summed E-state index contributed by atoms with van der Waals surface area (Å²) in [5.41, 5.74) is 1.18. The molecule has 2 aromatic heterocycles. The van der Waals surface area contributed by atoms with Crippen molar-refractivity contribution in [2.45, 2.75) is 6.42 Å². The number of carbonyl (C=O) groups excluding carboxylic acids is 1. The van der Waals surface area contributed by atoms with Crippen LogP contribution in [-0.2, 0) is 6.42 Å². The number of fused-ring (bicyclic) bond motifs is 1. The molecule has 6 nitrogen and oxygen atoms in total. The van der Waals surface area contributed by atoms with Crippen LogP contribution in [-0.4, -0.2) is 53.4 Å². The number of nitrogens with zero attached hydrogens (tertiary/aromatic N) is 3. The highest BCUT2D eigenvalue weighted by atomic mass is 35.5. The second kappa shape index (κ2) is 8.12. The molecule has 0 atom stereocenters. The van der Waals surface area contributed by atoms with Gasteiger partial charge < -0.3 is 9.32 Å². The first kappa shape index (κ1) is 18.7. The van der Waals surface area contributed by atoms with E-state index in [9.17, 15) is 9.59 Å². The van der Waals surface area contributed by atoms with E-state index in [1.165, 1.54) is 6.07 Å². The Morgan fingerprint density at radius 2 is 1.93 bits per heavy atom. The molecule has 0 spiro atoms. The zero-order valence-corrected chi connectivity index (χ0v) is 16.1. The van der Waals surface area contributed by atoms with Crippen LogP contribution >= 0.6 is 11.6 Å². The number of rotatable bonds is 4. The fourth-order valence-corrected chi connectivity index (χ4v) is 3.56. The molecule has 4 rings (SSSR count). The molecule has 1 aliphatic rings. The monoisotopic (exact) mass is 397 g/mol. The molecule has 3 aromatic rings. The number of hydrogen-bond acceptors (Lipinski definition) is 5. The minimum atomic E-state index is -0.263. The van der Waals surface area contributed by atoms with Gasteiger partial charge in [0.15, 0.2) is 11.2 Å². The number of pyridine rings is 1. The van der Waals surface area contributed by atoms with Crippen molar-refractivity contribution >= 4 is 28.5 Å². The van der Waals surface area contributed by atoms with E-state index >= 15 is 0 Å². The Morgan fingerprint density at radius 3 is 2.68 bits per heavy atom. The van der Waals surface area contributed by atoms with Gasteiger partial charge in [-0.15, -0.1) is 0 Å². The van der Waals surface area contributed by atoms with Gasteiger partial charge in [-0.3, -0.25) is 19.5 Å². The summed E-state index contributed by atoms with van der Waals surface area (Å²) in [5.74, 6) is -0.180. The third kappa shape index (κ3) is 4.08. The third-order valence-corrected chi connectivity index (χ3v) is 5.20. The van der Waals surface area contributed by atoms with Gasteiger partial charge in [-0.05, 0) is 30.3 Å². The highest BCUT2D eigenvalue weighted by Gasteiger charge is 2.24. The van der Waals surface area contributed by atoms with Gasteiger partial charge >= 0.3 is 0 Å². The highest BCUT2D eigenvalue weighted by Crippen LogP contribution is 2.19. The first-order valence-corrected chi connectivity index (χ1v) is 9.63. The molecule has 1 aromatic carbocycles. The summed E-state index contributed by atoms with van der Waals surface area (Å²) in [6, 6.07) is 12.0. The molecule has 1 fully saturated rings. The van der Waals surface area contributed by atoms with Crippen LogP contribution in [0.1, 0.15) is 16.2 Å². The molecule has 7 heteroatoms. The Labute approximate surface area is 167 Å². The van der Waals surface area contributed by atoms with Crippen LogP contribution in [0, 0.1) is 0 Å². The molecule has 1 amide bonds. The Hall–Kier alpha value is -2.70. The van der Waals surface area contributed by atoms with Crippen molar-refractivity contribution in [1.29, 1.82) is 0 Å². The number of hydrogen-bond donors (Lipinski definition) is 0. The van der Waals surface area contributed by atoms with Gasteiger partial charge in [0.2, 0.25) is 0 Å². The lowest BCUT2D eigenvalue weighted by Crippen LogP contribution is -2.49. The summed E-state index contributed by atoms with van der Waals surface area (Å²) >= 11 is 5.93. The zero-order chi connectivity index (χ0) is 19.5. The minimum Gasteiger partial charge on any atom is -0.451 e. The lowest BCUT2D eigenvalue weighted by molar-refractivity contribution is 0.0608. The van der Waals surface area contributed by atoms with Crippen molar-refractivity contribution in [1.82, 2.24) is 14.8 Å². The van der Waals surface area contributed by atoms with Crippen LogP contribution in [0.2, 0.25) is 5.02 Å². The molecule has 1 saturated heterocycles. The molecule has 0 saturated carbocycles. The maximum Gasteiger partial charge on any atom is 0.289 e. The second-order valence-electron chi connectivity index (χ2n) is 6.82. The number of amides is 1. The molecule has 0 bridgehead atoms. The summed E-state index contributed by atoms with van der Waals surface area (Å²) in [6.07, 6.45) is 2.69. The smallest absolute Gasteiger partial charge is 0.289 e. The Balaban J connectivity index is 1.39. The van der Waals surface area contributed by atoms with E-state index in [-0.39, 0.29) is 17.1 Å². The molecule has 144 valence electrons. The third-order valence-electron chi connectivity index (χ3n) is 4.97. The largest absolute Gasteiger partial charge is 0.451 e. The molecule has 0 N–H and O–H groups in total. The number of benzene rings is 1. The van der Waals surface area contributed by atoms with Gasteiger partial charge in [-0.2, -0.15) is 0 Å². The van der Waals surface area contributed by atoms with E-state index in [1.807, 2.05) is 18.2 Å². The number of carbonyl (C=O) groups is 1. The molecule has 0 unspecified atom stereocenters. The summed E-state index contributed by atoms with van der Waals surface area (Å²) in [7, 11) is 0. The number of aromatic nitrogens is 1. The van der Waals surface area contributed by atoms with Crippen LogP contribution in [0.3, 0.4) is 0 Å². The van der Waals surface area contributed by atoms with E-state index in [4.69, 9.17) is 16.0 Å². The zero-order valence-electron chi connectivity index (χ0n) is 15.3. The van der Waals surface area contributed by atoms with Crippen LogP contribution in [0.15, 0.2) is 57.9 Å². The average molecular weight is 398 g/mol. The first-order chi connectivity index (χ1) is 13.6. The molecular formula is C21H20ClN3O3. The second-order valence-corrected chi connectivity index (χ2v) is 7.26. The highest BCUT2D eigenvalue weighted by molar-refractivity contribution is 6.31. The quantitative estimate of drug-likeness (QED) is 0.677. The van der Waals surface area contributed by atoms with Crippen molar-refractivity contribution in [3.8, 4) is 0 Å². The molecular weight excluding hydrogens is 378 g/mol.